The summed E-state index contributed by atoms with van der Waals surface area (Å²) < 4.78 is 2.03. The number of aliphatic hydroxyl groups is 1. The number of carbonyl (C=O) groups excluding carboxylic acids is 1. The number of hydrogen-bond acceptors (Lipinski definition) is 7. The molecule has 3 aromatic carbocycles. The number of aliphatic hydroxyl groups excluding tert-OH is 1. The second-order valence-corrected chi connectivity index (χ2v) is 13.3. The van der Waals surface area contributed by atoms with Gasteiger partial charge in [0, 0.05) is 36.1 Å². The Kier molecular flexibility index (Phi) is 8.09. The number of rotatable bonds is 6. The summed E-state index contributed by atoms with van der Waals surface area (Å²) in [4.78, 5) is 23.8. The summed E-state index contributed by atoms with van der Waals surface area (Å²) >= 11 is 0. The van der Waals surface area contributed by atoms with Crippen LogP contribution < -0.4 is 9.89 Å². The molecule has 48 heavy (non-hydrogen) atoms. The molecule has 2 fully saturated rings. The molecule has 0 radical (unpaired) electrons. The molecule has 0 bridgehead atoms. The monoisotopic (exact) mass is 642 g/mol. The molecule has 5 heterocycles. The Hall–Kier alpha value is -5.09. The topological polar surface area (TPSA) is 122 Å². The summed E-state index contributed by atoms with van der Waals surface area (Å²) in [5, 5.41) is 29.1. The van der Waals surface area contributed by atoms with Gasteiger partial charge in [-0.15, -0.1) is 15.2 Å². The van der Waals surface area contributed by atoms with Gasteiger partial charge in [-0.25, -0.2) is 9.78 Å². The van der Waals surface area contributed by atoms with Crippen molar-refractivity contribution in [2.24, 2.45) is 0 Å². The number of likely N-dealkylation sites (tertiary alicyclic amines) is 1. The van der Waals surface area contributed by atoms with Gasteiger partial charge in [-0.2, -0.15) is 0 Å². The summed E-state index contributed by atoms with van der Waals surface area (Å²) in [6.45, 7) is 4.35. The average Bonchev–Trinajstić information content (AvgIpc) is 3.56. The minimum absolute atomic E-state index is 0.0699. The molecule has 0 aliphatic carbocycles. The van der Waals surface area contributed by atoms with Crippen LogP contribution in [0.3, 0.4) is 0 Å². The number of fused-ring (bicyclic) bond motifs is 1. The number of amides is 1. The predicted octanol–water partition coefficient (Wildman–Crippen LogP) is 4.48. The van der Waals surface area contributed by atoms with Gasteiger partial charge in [-0.3, -0.25) is 4.57 Å². The number of aromatic hydroxyl groups is 1. The van der Waals surface area contributed by atoms with Gasteiger partial charge in [0.15, 0.2) is 5.65 Å². The Morgan fingerprint density at radius 3 is 2.19 bits per heavy atom. The van der Waals surface area contributed by atoms with Crippen molar-refractivity contribution in [3.63, 3.8) is 0 Å². The van der Waals surface area contributed by atoms with Crippen molar-refractivity contribution in [1.82, 2.24) is 24.6 Å². The molecular formula is C38H40N7O3+. The van der Waals surface area contributed by atoms with E-state index in [1.807, 2.05) is 22.8 Å². The fraction of sp³-hybridized carbons (Fsp3) is 0.342. The van der Waals surface area contributed by atoms with Gasteiger partial charge in [0.05, 0.1) is 17.6 Å². The first-order chi connectivity index (χ1) is 23.5. The van der Waals surface area contributed by atoms with E-state index in [0.29, 0.717) is 41.7 Å². The molecule has 10 heteroatoms. The summed E-state index contributed by atoms with van der Waals surface area (Å²) in [5.74, 6) is 0.568. The Labute approximate surface area is 279 Å². The van der Waals surface area contributed by atoms with E-state index in [2.05, 4.69) is 78.5 Å². The average molecular weight is 643 g/mol. The van der Waals surface area contributed by atoms with Gasteiger partial charge in [-0.05, 0) is 105 Å². The van der Waals surface area contributed by atoms with Gasteiger partial charge >= 0.3 is 11.8 Å². The lowest BCUT2D eigenvalue weighted by molar-refractivity contribution is -0.393. The van der Waals surface area contributed by atoms with Crippen molar-refractivity contribution in [3.05, 3.63) is 96.3 Å². The zero-order valence-corrected chi connectivity index (χ0v) is 26.9. The van der Waals surface area contributed by atoms with E-state index in [4.69, 9.17) is 0 Å². The maximum Gasteiger partial charge on any atom is 0.388 e. The van der Waals surface area contributed by atoms with Crippen molar-refractivity contribution < 1.29 is 20.0 Å². The Morgan fingerprint density at radius 1 is 0.750 bits per heavy atom. The van der Waals surface area contributed by atoms with Gasteiger partial charge in [0.1, 0.15) is 18.0 Å². The zero-order valence-electron chi connectivity index (χ0n) is 26.9. The lowest BCUT2D eigenvalue weighted by Crippen LogP contribution is -2.80. The normalized spacial score (nSPS) is 19.9. The molecule has 1 amide bonds. The highest BCUT2D eigenvalue weighted by molar-refractivity contribution is 5.84. The third-order valence-electron chi connectivity index (χ3n) is 10.6. The van der Waals surface area contributed by atoms with E-state index in [0.717, 1.165) is 42.9 Å². The first-order valence-electron chi connectivity index (χ1n) is 17.0. The van der Waals surface area contributed by atoms with E-state index < -0.39 is 0 Å². The summed E-state index contributed by atoms with van der Waals surface area (Å²) in [5.41, 5.74) is 7.36. The van der Waals surface area contributed by atoms with E-state index in [1.54, 1.807) is 18.5 Å². The fourth-order valence-electron chi connectivity index (χ4n) is 7.79. The molecule has 0 spiro atoms. The number of benzene rings is 3. The highest BCUT2D eigenvalue weighted by Gasteiger charge is 2.32. The molecule has 1 atom stereocenters. The third kappa shape index (κ3) is 5.92. The minimum atomic E-state index is -0.124. The number of phenols is 1. The standard InChI is InChI=1S/C38H39N7O3/c46-35-4-2-1-3-32(35)33-23-34-37(42-41-33)39-24-45(34)30-11-5-25(6-12-30)26-15-19-43(20-16-26)29-17-21-44(22-18-29)28-9-7-27(8-10-28)31-13-14-36(47)40-38(31)48/h1-12,23-24,26,29,31,46H,13-22H2,(H,40,47,48)/p+1. The number of piperidine rings is 2. The Morgan fingerprint density at radius 2 is 1.46 bits per heavy atom. The molecule has 8 rings (SSSR count). The SMILES string of the molecule is O=C1CCC(c2ccc(N3CCC(N4CCC(c5ccc(-n6cnc7nnc(-c8ccccc8O)cc76)cc5)CC4)CC3)cc2)C(O)=[NH+]1. The maximum absolute atomic E-state index is 11.5. The van der Waals surface area contributed by atoms with Crippen molar-refractivity contribution in [3.8, 4) is 22.7 Å². The van der Waals surface area contributed by atoms with E-state index in [-0.39, 0.29) is 23.5 Å². The minimum Gasteiger partial charge on any atom is -0.507 e. The summed E-state index contributed by atoms with van der Waals surface area (Å²) in [6.07, 6.45) is 7.54. The number of anilines is 1. The number of para-hydroxylation sites is 1. The number of imidazole rings is 1. The van der Waals surface area contributed by atoms with Gasteiger partial charge < -0.3 is 20.0 Å². The first kappa shape index (κ1) is 30.3. The van der Waals surface area contributed by atoms with Crippen molar-refractivity contribution >= 4 is 28.7 Å². The first-order valence-corrected chi connectivity index (χ1v) is 17.0. The van der Waals surface area contributed by atoms with Crippen LogP contribution in [-0.4, -0.2) is 78.9 Å². The van der Waals surface area contributed by atoms with Gasteiger partial charge in [-0.1, -0.05) is 36.4 Å². The van der Waals surface area contributed by atoms with Crippen LogP contribution in [0.25, 0.3) is 28.1 Å². The summed E-state index contributed by atoms with van der Waals surface area (Å²) in [7, 11) is 0. The number of carbonyl (C=O) groups is 1. The van der Waals surface area contributed by atoms with Crippen LogP contribution in [-0.2, 0) is 4.79 Å². The van der Waals surface area contributed by atoms with Crippen molar-refractivity contribution in [1.29, 1.82) is 0 Å². The summed E-state index contributed by atoms with van der Waals surface area (Å²) in [6, 6.07) is 27.1. The number of aromatic nitrogens is 4. The Bertz CT molecular complexity index is 1950. The molecule has 1 unspecified atom stereocenters. The molecule has 2 aromatic heterocycles. The predicted molar refractivity (Wildman–Crippen MR) is 185 cm³/mol. The molecule has 2 saturated heterocycles. The van der Waals surface area contributed by atoms with Crippen LogP contribution in [0.5, 0.6) is 5.75 Å². The number of nitrogens with zero attached hydrogens (tertiary/aromatic N) is 6. The van der Waals surface area contributed by atoms with E-state index >= 15 is 0 Å². The Balaban J connectivity index is 0.859. The molecule has 5 aromatic rings. The second-order valence-electron chi connectivity index (χ2n) is 13.3. The highest BCUT2D eigenvalue weighted by Crippen LogP contribution is 2.33. The highest BCUT2D eigenvalue weighted by atomic mass is 16.3. The second kappa shape index (κ2) is 12.8. The molecule has 244 valence electrons. The van der Waals surface area contributed by atoms with Crippen molar-refractivity contribution in [2.45, 2.75) is 56.4 Å². The van der Waals surface area contributed by atoms with Crippen LogP contribution in [0.1, 0.15) is 61.5 Å². The smallest absolute Gasteiger partial charge is 0.388 e. The molecule has 3 N–H and O–H groups in total. The number of hydrogen-bond donors (Lipinski definition) is 3. The van der Waals surface area contributed by atoms with Crippen LogP contribution in [0, 0.1) is 0 Å². The molecule has 10 nitrogen and oxygen atoms in total. The third-order valence-corrected chi connectivity index (χ3v) is 10.6. The molecule has 3 aliphatic heterocycles. The molecular weight excluding hydrogens is 602 g/mol. The lowest BCUT2D eigenvalue weighted by atomic mass is 9.88. The van der Waals surface area contributed by atoms with Crippen LogP contribution >= 0.6 is 0 Å². The number of phenolic OH excluding ortho intramolecular Hbond substituents is 1. The van der Waals surface area contributed by atoms with Crippen molar-refractivity contribution in [2.75, 3.05) is 31.1 Å². The quantitative estimate of drug-likeness (QED) is 0.248. The molecule has 0 saturated carbocycles. The zero-order chi connectivity index (χ0) is 32.6. The van der Waals surface area contributed by atoms with E-state index in [1.165, 1.54) is 36.9 Å². The molecule has 3 aliphatic rings. The largest absolute Gasteiger partial charge is 0.507 e. The fourth-order valence-corrected chi connectivity index (χ4v) is 7.79. The van der Waals surface area contributed by atoms with Gasteiger partial charge in [0.25, 0.3) is 0 Å². The van der Waals surface area contributed by atoms with Crippen LogP contribution in [0.2, 0.25) is 0 Å². The van der Waals surface area contributed by atoms with Crippen LogP contribution in [0.15, 0.2) is 85.2 Å². The number of nitrogens with one attached hydrogen (secondary N) is 1. The van der Waals surface area contributed by atoms with E-state index in [9.17, 15) is 15.0 Å². The van der Waals surface area contributed by atoms with Gasteiger partial charge in [0.2, 0.25) is 0 Å². The maximum atomic E-state index is 11.5. The lowest BCUT2D eigenvalue weighted by Gasteiger charge is -2.42. The van der Waals surface area contributed by atoms with Crippen LogP contribution in [0.4, 0.5) is 5.69 Å².